The number of hydrogen-bond donors (Lipinski definition) is 2. The number of halogens is 1. The van der Waals surface area contributed by atoms with Crippen molar-refractivity contribution in [2.75, 3.05) is 19.6 Å². The molecule has 1 fully saturated rings. The number of carbonyl (C=O) groups is 1. The Balaban J connectivity index is 0.00000392. The number of hydrogen-bond acceptors (Lipinski definition) is 4. The highest BCUT2D eigenvalue weighted by Gasteiger charge is 2.36. The molecule has 1 aromatic rings. The van der Waals surface area contributed by atoms with Crippen molar-refractivity contribution in [2.45, 2.75) is 71.2 Å². The van der Waals surface area contributed by atoms with E-state index in [0.717, 1.165) is 47.1 Å². The van der Waals surface area contributed by atoms with Gasteiger partial charge >= 0.3 is 0 Å². The number of piperidine rings is 1. The van der Waals surface area contributed by atoms with E-state index in [1.807, 2.05) is 34.6 Å². The molecule has 8 heteroatoms. The van der Waals surface area contributed by atoms with Gasteiger partial charge in [0.15, 0.2) is 0 Å². The van der Waals surface area contributed by atoms with E-state index in [9.17, 15) is 13.2 Å². The van der Waals surface area contributed by atoms with Crippen LogP contribution in [0.4, 0.5) is 0 Å². The third-order valence-corrected chi connectivity index (χ3v) is 8.20. The molecule has 6 nitrogen and oxygen atoms in total. The molecule has 160 valence electrons. The first-order chi connectivity index (χ1) is 12.6. The standard InChI is InChI=1S/C20H33N3O3S.ClH/c1-13-14(2)16(4)20(17(5)15(13)3)27(25,26)23-11-7-6-8-18(23)12-22-19(24)9-10-21;/h18H,6-12,21H2,1-5H3,(H,22,24);1H. The molecule has 1 amide bonds. The monoisotopic (exact) mass is 431 g/mol. The van der Waals surface area contributed by atoms with Crippen LogP contribution in [0.1, 0.15) is 53.5 Å². The lowest BCUT2D eigenvalue weighted by Crippen LogP contribution is -2.49. The first-order valence-corrected chi connectivity index (χ1v) is 11.1. The van der Waals surface area contributed by atoms with Gasteiger partial charge in [-0.15, -0.1) is 12.4 Å². The van der Waals surface area contributed by atoms with Gasteiger partial charge in [0.1, 0.15) is 0 Å². The summed E-state index contributed by atoms with van der Waals surface area (Å²) >= 11 is 0. The van der Waals surface area contributed by atoms with Gasteiger partial charge in [-0.1, -0.05) is 6.42 Å². The van der Waals surface area contributed by atoms with Gasteiger partial charge in [0.25, 0.3) is 0 Å². The number of rotatable bonds is 6. The lowest BCUT2D eigenvalue weighted by molar-refractivity contribution is -0.121. The highest BCUT2D eigenvalue weighted by Crippen LogP contribution is 2.34. The minimum absolute atomic E-state index is 0. The Kier molecular flexibility index (Phi) is 8.93. The molecule has 2 rings (SSSR count). The van der Waals surface area contributed by atoms with Crippen LogP contribution in [-0.2, 0) is 14.8 Å². The summed E-state index contributed by atoms with van der Waals surface area (Å²) in [5.74, 6) is -0.130. The fourth-order valence-electron chi connectivity index (χ4n) is 3.92. The molecule has 1 aromatic carbocycles. The molecule has 3 N–H and O–H groups in total. The van der Waals surface area contributed by atoms with Crippen molar-refractivity contribution < 1.29 is 13.2 Å². The zero-order valence-electron chi connectivity index (χ0n) is 17.6. The lowest BCUT2D eigenvalue weighted by Gasteiger charge is -2.36. The van der Waals surface area contributed by atoms with Gasteiger partial charge < -0.3 is 11.1 Å². The van der Waals surface area contributed by atoms with Gasteiger partial charge in [0.2, 0.25) is 15.9 Å². The molecule has 1 unspecified atom stereocenters. The SMILES string of the molecule is Cc1c(C)c(C)c(S(=O)(=O)N2CCCCC2CNC(=O)CCN)c(C)c1C.Cl. The fraction of sp³-hybridized carbons (Fsp3) is 0.650. The van der Waals surface area contributed by atoms with Crippen molar-refractivity contribution in [3.8, 4) is 0 Å². The normalized spacial score (nSPS) is 17.9. The number of carbonyl (C=O) groups excluding carboxylic acids is 1. The van der Waals surface area contributed by atoms with E-state index in [2.05, 4.69) is 5.32 Å². The average molecular weight is 432 g/mol. The molecule has 1 heterocycles. The second kappa shape index (κ2) is 10.1. The second-order valence-corrected chi connectivity index (χ2v) is 9.39. The first-order valence-electron chi connectivity index (χ1n) is 9.68. The van der Waals surface area contributed by atoms with Crippen molar-refractivity contribution in [1.82, 2.24) is 9.62 Å². The Bertz CT molecular complexity index is 795. The molecule has 1 saturated heterocycles. The maximum Gasteiger partial charge on any atom is 0.243 e. The summed E-state index contributed by atoms with van der Waals surface area (Å²) in [6, 6.07) is -0.216. The predicted octanol–water partition coefficient (Wildman–Crippen LogP) is 2.66. The summed E-state index contributed by atoms with van der Waals surface area (Å²) in [4.78, 5) is 12.2. The van der Waals surface area contributed by atoms with Gasteiger partial charge in [0, 0.05) is 32.1 Å². The Labute approximate surface area is 175 Å². The molecular formula is C20H34ClN3O3S. The molecule has 0 spiro atoms. The van der Waals surface area contributed by atoms with Crippen LogP contribution in [0.25, 0.3) is 0 Å². The number of sulfonamides is 1. The van der Waals surface area contributed by atoms with Crippen LogP contribution in [0, 0.1) is 34.6 Å². The number of benzene rings is 1. The van der Waals surface area contributed by atoms with E-state index in [1.54, 1.807) is 4.31 Å². The molecule has 0 aliphatic carbocycles. The molecule has 0 bridgehead atoms. The summed E-state index contributed by atoms with van der Waals surface area (Å²) in [6.07, 6.45) is 2.82. The van der Waals surface area contributed by atoms with Crippen LogP contribution in [0.2, 0.25) is 0 Å². The van der Waals surface area contributed by atoms with Crippen LogP contribution in [-0.4, -0.2) is 44.3 Å². The molecule has 1 atom stereocenters. The van der Waals surface area contributed by atoms with Gasteiger partial charge in [0.05, 0.1) is 4.90 Å². The van der Waals surface area contributed by atoms with E-state index in [4.69, 9.17) is 5.73 Å². The van der Waals surface area contributed by atoms with Crippen LogP contribution in [0.5, 0.6) is 0 Å². The largest absolute Gasteiger partial charge is 0.354 e. The summed E-state index contributed by atoms with van der Waals surface area (Å²) in [7, 11) is -3.64. The summed E-state index contributed by atoms with van der Waals surface area (Å²) in [5.41, 5.74) is 10.3. The molecule has 28 heavy (non-hydrogen) atoms. The van der Waals surface area contributed by atoms with Crippen LogP contribution < -0.4 is 11.1 Å². The zero-order valence-corrected chi connectivity index (χ0v) is 19.2. The Hall–Kier alpha value is -1.15. The topological polar surface area (TPSA) is 92.5 Å². The Morgan fingerprint density at radius 3 is 2.11 bits per heavy atom. The van der Waals surface area contributed by atoms with E-state index in [1.165, 1.54) is 0 Å². The van der Waals surface area contributed by atoms with E-state index >= 15 is 0 Å². The summed E-state index contributed by atoms with van der Waals surface area (Å²) in [5, 5.41) is 2.84. The van der Waals surface area contributed by atoms with Gasteiger partial charge in [-0.05, 0) is 75.3 Å². The number of nitrogens with one attached hydrogen (secondary N) is 1. The van der Waals surface area contributed by atoms with Crippen LogP contribution in [0.3, 0.4) is 0 Å². The lowest BCUT2D eigenvalue weighted by atomic mass is 9.95. The number of nitrogens with zero attached hydrogens (tertiary/aromatic N) is 1. The summed E-state index contributed by atoms with van der Waals surface area (Å²) < 4.78 is 28.8. The quantitative estimate of drug-likeness (QED) is 0.724. The van der Waals surface area contributed by atoms with Crippen LogP contribution >= 0.6 is 12.4 Å². The third-order valence-electron chi connectivity index (χ3n) is 5.98. The van der Waals surface area contributed by atoms with Gasteiger partial charge in [-0.3, -0.25) is 4.79 Å². The maximum absolute atomic E-state index is 13.6. The predicted molar refractivity (Wildman–Crippen MR) is 116 cm³/mol. The number of amides is 1. The molecule has 0 aromatic heterocycles. The number of nitrogens with two attached hydrogens (primary N) is 1. The van der Waals surface area contributed by atoms with E-state index in [0.29, 0.717) is 24.5 Å². The van der Waals surface area contributed by atoms with Crippen molar-refractivity contribution in [1.29, 1.82) is 0 Å². The minimum atomic E-state index is -3.64. The molecule has 1 aliphatic rings. The van der Waals surface area contributed by atoms with Crippen LogP contribution in [0.15, 0.2) is 4.90 Å². The molecular weight excluding hydrogens is 398 g/mol. The molecule has 0 radical (unpaired) electrons. The third kappa shape index (κ3) is 4.87. The highest BCUT2D eigenvalue weighted by molar-refractivity contribution is 7.89. The van der Waals surface area contributed by atoms with Gasteiger partial charge in [-0.2, -0.15) is 4.31 Å². The maximum atomic E-state index is 13.6. The van der Waals surface area contributed by atoms with Crippen molar-refractivity contribution in [3.05, 3.63) is 27.8 Å². The van der Waals surface area contributed by atoms with Gasteiger partial charge in [-0.25, -0.2) is 8.42 Å². The average Bonchev–Trinajstić information content (AvgIpc) is 2.63. The van der Waals surface area contributed by atoms with Crippen molar-refractivity contribution >= 4 is 28.3 Å². The Morgan fingerprint density at radius 1 is 1.04 bits per heavy atom. The highest BCUT2D eigenvalue weighted by atomic mass is 35.5. The smallest absolute Gasteiger partial charge is 0.243 e. The minimum Gasteiger partial charge on any atom is -0.354 e. The molecule has 1 aliphatic heterocycles. The van der Waals surface area contributed by atoms with E-state index in [-0.39, 0.29) is 30.8 Å². The summed E-state index contributed by atoms with van der Waals surface area (Å²) in [6.45, 7) is 10.9. The first kappa shape index (κ1) is 24.9. The molecule has 0 saturated carbocycles. The van der Waals surface area contributed by atoms with Crippen molar-refractivity contribution in [2.24, 2.45) is 5.73 Å². The van der Waals surface area contributed by atoms with Crippen molar-refractivity contribution in [3.63, 3.8) is 0 Å². The zero-order chi connectivity index (χ0) is 20.4. The fourth-order valence-corrected chi connectivity index (χ4v) is 6.17. The van der Waals surface area contributed by atoms with E-state index < -0.39 is 10.0 Å². The Morgan fingerprint density at radius 2 is 1.57 bits per heavy atom. The second-order valence-electron chi connectivity index (χ2n) is 7.56.